The van der Waals surface area contributed by atoms with E-state index in [2.05, 4.69) is 9.97 Å². The van der Waals surface area contributed by atoms with Crippen molar-refractivity contribution >= 4 is 26.8 Å². The Bertz CT molecular complexity index is 1400. The molecule has 1 unspecified atom stereocenters. The summed E-state index contributed by atoms with van der Waals surface area (Å²) in [6, 6.07) is 13.8. The zero-order chi connectivity index (χ0) is 22.3. The van der Waals surface area contributed by atoms with E-state index in [1.165, 1.54) is 28.6 Å². The lowest BCUT2D eigenvalue weighted by Crippen LogP contribution is -2.30. The van der Waals surface area contributed by atoms with Crippen molar-refractivity contribution < 1.29 is 17.8 Å². The maximum atomic E-state index is 13.2. The third-order valence-corrected chi connectivity index (χ3v) is 7.46. The third-order valence-electron chi connectivity index (χ3n) is 5.54. The van der Waals surface area contributed by atoms with Crippen molar-refractivity contribution in [2.45, 2.75) is 23.8 Å². The van der Waals surface area contributed by atoms with Gasteiger partial charge in [0, 0.05) is 36.6 Å². The van der Waals surface area contributed by atoms with Gasteiger partial charge >= 0.3 is 0 Å². The van der Waals surface area contributed by atoms with Crippen molar-refractivity contribution in [3.63, 3.8) is 0 Å². The van der Waals surface area contributed by atoms with E-state index in [1.807, 2.05) is 30.3 Å². The highest BCUT2D eigenvalue weighted by Gasteiger charge is 2.39. The molecule has 162 valence electrons. The number of benzene rings is 2. The Morgan fingerprint density at radius 2 is 1.91 bits per heavy atom. The van der Waals surface area contributed by atoms with Crippen LogP contribution in [0.15, 0.2) is 76.3 Å². The molecule has 1 atom stereocenters. The number of nitro benzene ring substituents is 1. The number of fused-ring (bicyclic) bond motifs is 1. The number of aromatic nitrogens is 2. The highest BCUT2D eigenvalue weighted by Crippen LogP contribution is 2.38. The Kier molecular flexibility index (Phi) is 4.95. The predicted octanol–water partition coefficient (Wildman–Crippen LogP) is 4.32. The van der Waals surface area contributed by atoms with Crippen molar-refractivity contribution in [2.75, 3.05) is 6.54 Å². The molecule has 0 amide bonds. The fourth-order valence-corrected chi connectivity index (χ4v) is 5.60. The van der Waals surface area contributed by atoms with Crippen LogP contribution >= 0.6 is 0 Å². The van der Waals surface area contributed by atoms with E-state index in [4.69, 9.17) is 4.42 Å². The van der Waals surface area contributed by atoms with Crippen molar-refractivity contribution in [3.05, 3.63) is 83.0 Å². The van der Waals surface area contributed by atoms with Crippen LogP contribution in [0.5, 0.6) is 0 Å². The number of pyridine rings is 1. The van der Waals surface area contributed by atoms with Gasteiger partial charge in [-0.1, -0.05) is 12.1 Å². The topological polar surface area (TPSA) is 119 Å². The fourth-order valence-electron chi connectivity index (χ4n) is 3.95. The van der Waals surface area contributed by atoms with Gasteiger partial charge in [0.1, 0.15) is 11.6 Å². The molecule has 2 aromatic heterocycles. The molecule has 1 fully saturated rings. The molecule has 3 heterocycles. The molecule has 2 aromatic carbocycles. The lowest BCUT2D eigenvalue weighted by atomic mass is 10.1. The van der Waals surface area contributed by atoms with E-state index in [1.54, 1.807) is 12.4 Å². The SMILES string of the molecule is O=[N+]([O-])c1ccc(S(=O)(=O)N2CCCC2c2nc3cc(-c4cccnc4)ccc3o2)cc1. The molecule has 9 nitrogen and oxygen atoms in total. The molecule has 32 heavy (non-hydrogen) atoms. The summed E-state index contributed by atoms with van der Waals surface area (Å²) in [5.74, 6) is 0.339. The molecule has 1 aliphatic heterocycles. The maximum absolute atomic E-state index is 13.2. The van der Waals surface area contributed by atoms with Gasteiger partial charge in [0.05, 0.1) is 9.82 Å². The molecule has 0 N–H and O–H groups in total. The summed E-state index contributed by atoms with van der Waals surface area (Å²) < 4.78 is 33.8. The van der Waals surface area contributed by atoms with Crippen molar-refractivity contribution in [1.82, 2.24) is 14.3 Å². The van der Waals surface area contributed by atoms with E-state index in [0.29, 0.717) is 36.4 Å². The van der Waals surface area contributed by atoms with E-state index in [9.17, 15) is 18.5 Å². The van der Waals surface area contributed by atoms with E-state index in [0.717, 1.165) is 11.1 Å². The van der Waals surface area contributed by atoms with Crippen LogP contribution in [-0.4, -0.2) is 34.2 Å². The summed E-state index contributed by atoms with van der Waals surface area (Å²) >= 11 is 0. The van der Waals surface area contributed by atoms with Gasteiger partial charge in [-0.25, -0.2) is 13.4 Å². The van der Waals surface area contributed by atoms with Crippen molar-refractivity contribution in [1.29, 1.82) is 0 Å². The lowest BCUT2D eigenvalue weighted by Gasteiger charge is -2.21. The van der Waals surface area contributed by atoms with Crippen LogP contribution in [0.25, 0.3) is 22.2 Å². The molecule has 10 heteroatoms. The Labute approximate surface area is 183 Å². The molecule has 1 saturated heterocycles. The van der Waals surface area contributed by atoms with Crippen LogP contribution in [0, 0.1) is 10.1 Å². The van der Waals surface area contributed by atoms with Crippen LogP contribution in [0.1, 0.15) is 24.8 Å². The monoisotopic (exact) mass is 450 g/mol. The molecule has 0 aliphatic carbocycles. The first kappa shape index (κ1) is 20.3. The van der Waals surface area contributed by atoms with Crippen LogP contribution in [0.3, 0.4) is 0 Å². The largest absolute Gasteiger partial charge is 0.439 e. The normalized spacial score (nSPS) is 17.1. The van der Waals surface area contributed by atoms with Crippen molar-refractivity contribution in [3.8, 4) is 11.1 Å². The zero-order valence-corrected chi connectivity index (χ0v) is 17.6. The molecule has 0 spiro atoms. The Morgan fingerprint density at radius 3 is 2.62 bits per heavy atom. The number of hydrogen-bond donors (Lipinski definition) is 0. The molecule has 0 saturated carbocycles. The summed E-state index contributed by atoms with van der Waals surface area (Å²) in [6.07, 6.45) is 4.71. The average Bonchev–Trinajstić information content (AvgIpc) is 3.46. The van der Waals surface area contributed by atoms with Crippen LogP contribution in [0.2, 0.25) is 0 Å². The summed E-state index contributed by atoms with van der Waals surface area (Å²) in [4.78, 5) is 19.0. The minimum Gasteiger partial charge on any atom is -0.439 e. The van der Waals surface area contributed by atoms with Gasteiger partial charge in [0.2, 0.25) is 15.9 Å². The second-order valence-corrected chi connectivity index (χ2v) is 9.39. The number of nitrogens with zero attached hydrogens (tertiary/aromatic N) is 4. The van der Waals surface area contributed by atoms with Gasteiger partial charge < -0.3 is 4.42 Å². The van der Waals surface area contributed by atoms with E-state index < -0.39 is 21.0 Å². The van der Waals surface area contributed by atoms with Crippen LogP contribution < -0.4 is 0 Å². The minimum absolute atomic E-state index is 0.00461. The predicted molar refractivity (Wildman–Crippen MR) is 116 cm³/mol. The van der Waals surface area contributed by atoms with Crippen LogP contribution in [-0.2, 0) is 10.0 Å². The molecule has 4 aromatic rings. The maximum Gasteiger partial charge on any atom is 0.269 e. The smallest absolute Gasteiger partial charge is 0.269 e. The molecule has 0 radical (unpaired) electrons. The van der Waals surface area contributed by atoms with Gasteiger partial charge in [0.25, 0.3) is 5.69 Å². The fraction of sp³-hybridized carbons (Fsp3) is 0.182. The van der Waals surface area contributed by atoms with E-state index >= 15 is 0 Å². The number of rotatable bonds is 5. The minimum atomic E-state index is -3.86. The summed E-state index contributed by atoms with van der Waals surface area (Å²) in [7, 11) is -3.86. The first-order valence-corrected chi connectivity index (χ1v) is 11.4. The van der Waals surface area contributed by atoms with Crippen LogP contribution in [0.4, 0.5) is 5.69 Å². The van der Waals surface area contributed by atoms with Gasteiger partial charge in [-0.15, -0.1) is 0 Å². The summed E-state index contributed by atoms with van der Waals surface area (Å²) in [6.45, 7) is 0.323. The number of nitro groups is 1. The Balaban J connectivity index is 1.48. The second kappa shape index (κ2) is 7.81. The highest BCUT2D eigenvalue weighted by molar-refractivity contribution is 7.89. The number of sulfonamides is 1. The third kappa shape index (κ3) is 3.53. The van der Waals surface area contributed by atoms with Gasteiger partial charge in [-0.05, 0) is 48.7 Å². The number of oxazole rings is 1. The second-order valence-electron chi connectivity index (χ2n) is 7.50. The Hall–Kier alpha value is -3.63. The molecular formula is C22H18N4O5S. The average molecular weight is 450 g/mol. The quantitative estimate of drug-likeness (QED) is 0.328. The molecule has 1 aliphatic rings. The van der Waals surface area contributed by atoms with Gasteiger partial charge in [0.15, 0.2) is 5.58 Å². The standard InChI is InChI=1S/C22H18N4O5S/c27-26(28)17-6-8-18(9-7-17)32(29,30)25-12-2-4-20(25)22-24-19-13-15(5-10-21(19)31-22)16-3-1-11-23-14-16/h1,3,5-11,13-14,20H,2,4,12H2. The molecular weight excluding hydrogens is 432 g/mol. The first-order valence-electron chi connectivity index (χ1n) is 10.0. The van der Waals surface area contributed by atoms with Crippen molar-refractivity contribution in [2.24, 2.45) is 0 Å². The van der Waals surface area contributed by atoms with E-state index in [-0.39, 0.29) is 10.6 Å². The number of hydrogen-bond acceptors (Lipinski definition) is 7. The number of non-ortho nitro benzene ring substituents is 1. The Morgan fingerprint density at radius 1 is 1.09 bits per heavy atom. The van der Waals surface area contributed by atoms with Gasteiger partial charge in [-0.3, -0.25) is 15.1 Å². The zero-order valence-electron chi connectivity index (χ0n) is 16.8. The van der Waals surface area contributed by atoms with Gasteiger partial charge in [-0.2, -0.15) is 4.31 Å². The summed E-state index contributed by atoms with van der Waals surface area (Å²) in [5.41, 5.74) is 2.94. The first-order chi connectivity index (χ1) is 15.4. The molecule has 5 rings (SSSR count). The highest BCUT2D eigenvalue weighted by atomic mass is 32.2. The molecule has 0 bridgehead atoms. The summed E-state index contributed by atoms with van der Waals surface area (Å²) in [5, 5.41) is 10.9. The lowest BCUT2D eigenvalue weighted by molar-refractivity contribution is -0.384.